The van der Waals surface area contributed by atoms with Gasteiger partial charge in [-0.15, -0.1) is 0 Å². The Morgan fingerprint density at radius 1 is 0.329 bits per heavy atom. The molecule has 0 aliphatic carbocycles. The lowest BCUT2D eigenvalue weighted by Gasteiger charge is -2.22. The number of esters is 1. The van der Waals surface area contributed by atoms with Crippen LogP contribution in [0.25, 0.3) is 0 Å². The molecule has 0 aliphatic heterocycles. The number of carbonyl (C=O) groups is 2. The van der Waals surface area contributed by atoms with Crippen molar-refractivity contribution in [3.8, 4) is 0 Å². The van der Waals surface area contributed by atoms with Gasteiger partial charge in [-0.2, -0.15) is 0 Å². The van der Waals surface area contributed by atoms with Crippen LogP contribution in [0.2, 0.25) is 0 Å². The van der Waals surface area contributed by atoms with E-state index in [4.69, 9.17) is 4.74 Å². The molecule has 82 heavy (non-hydrogen) atoms. The number of allylic oxidation sites excluding steroid dienone is 2. The highest BCUT2D eigenvalue weighted by Gasteiger charge is 2.20. The van der Waals surface area contributed by atoms with E-state index in [0.717, 1.165) is 38.5 Å². The second kappa shape index (κ2) is 72.1. The van der Waals surface area contributed by atoms with Crippen LogP contribution in [0.4, 0.5) is 0 Å². The normalized spacial score (nSPS) is 12.5. The Hall–Kier alpha value is -1.40. The first-order chi connectivity index (χ1) is 40.5. The molecule has 0 rings (SSSR count). The minimum absolute atomic E-state index is 0.0216. The number of unbranched alkanes of at least 4 members (excludes halogenated alkanes) is 59. The molecule has 0 saturated carbocycles. The van der Waals surface area contributed by atoms with E-state index >= 15 is 0 Å². The molecular weight excluding hydrogens is 1010 g/mol. The monoisotopic (exact) mass is 1160 g/mol. The summed E-state index contributed by atoms with van der Waals surface area (Å²) in [7, 11) is 0. The van der Waals surface area contributed by atoms with Gasteiger partial charge in [0, 0.05) is 12.8 Å². The summed E-state index contributed by atoms with van der Waals surface area (Å²) in [5, 5.41) is 23.2. The maximum Gasteiger partial charge on any atom is 0.305 e. The van der Waals surface area contributed by atoms with Crippen LogP contribution in [0.1, 0.15) is 438 Å². The van der Waals surface area contributed by atoms with Gasteiger partial charge < -0.3 is 20.3 Å². The van der Waals surface area contributed by atoms with Crippen molar-refractivity contribution >= 4 is 11.9 Å². The number of hydrogen-bond acceptors (Lipinski definition) is 5. The number of aliphatic hydroxyl groups excluding tert-OH is 2. The minimum Gasteiger partial charge on any atom is -0.466 e. The van der Waals surface area contributed by atoms with Gasteiger partial charge in [-0.05, 0) is 51.4 Å². The highest BCUT2D eigenvalue weighted by atomic mass is 16.5. The summed E-state index contributed by atoms with van der Waals surface area (Å²) in [4.78, 5) is 24.5. The molecule has 0 aliphatic rings. The van der Waals surface area contributed by atoms with Crippen LogP contribution in [0.3, 0.4) is 0 Å². The van der Waals surface area contributed by atoms with Gasteiger partial charge in [0.15, 0.2) is 0 Å². The third-order valence-corrected chi connectivity index (χ3v) is 18.1. The topological polar surface area (TPSA) is 95.9 Å². The number of carbonyl (C=O) groups excluding carboxylic acids is 2. The summed E-state index contributed by atoms with van der Waals surface area (Å²) in [6.07, 6.45) is 90.4. The molecule has 0 heterocycles. The smallest absolute Gasteiger partial charge is 0.305 e. The molecule has 2 atom stereocenters. The molecule has 6 nitrogen and oxygen atoms in total. The molecule has 0 aromatic heterocycles. The van der Waals surface area contributed by atoms with Crippen LogP contribution < -0.4 is 5.32 Å². The molecule has 0 saturated heterocycles. The Labute approximate surface area is 514 Å². The maximum atomic E-state index is 12.4. The van der Waals surface area contributed by atoms with Gasteiger partial charge in [0.2, 0.25) is 5.91 Å². The Kier molecular flexibility index (Phi) is 70.8. The first-order valence-corrected chi connectivity index (χ1v) is 37.9. The van der Waals surface area contributed by atoms with Crippen molar-refractivity contribution in [3.63, 3.8) is 0 Å². The molecule has 488 valence electrons. The molecule has 0 fully saturated rings. The fourth-order valence-corrected chi connectivity index (χ4v) is 12.3. The minimum atomic E-state index is -0.657. The highest BCUT2D eigenvalue weighted by Crippen LogP contribution is 2.20. The van der Waals surface area contributed by atoms with E-state index in [1.807, 2.05) is 0 Å². The Morgan fingerprint density at radius 3 is 0.866 bits per heavy atom. The van der Waals surface area contributed by atoms with E-state index in [1.54, 1.807) is 0 Å². The SMILES string of the molecule is CCCCCCCC/C=C\CCCCCCCCCC(=O)OCCCCCCCCCCCCCCCCCCCCCCCCCCCCCCCCCCCCCCCCCC(=O)NC(CO)C(O)CCCCCCCCCCC. The fraction of sp³-hybridized carbons (Fsp3) is 0.947. The largest absolute Gasteiger partial charge is 0.466 e. The zero-order valence-electron chi connectivity index (χ0n) is 56.0. The number of amides is 1. The molecule has 0 aromatic carbocycles. The summed E-state index contributed by atoms with van der Waals surface area (Å²) < 4.78 is 5.51. The average Bonchev–Trinajstić information content (AvgIpc) is 3.48. The van der Waals surface area contributed by atoms with Gasteiger partial charge in [0.05, 0.1) is 25.4 Å². The molecule has 0 spiro atoms. The average molecular weight is 1160 g/mol. The van der Waals surface area contributed by atoms with Crippen LogP contribution in [0.5, 0.6) is 0 Å². The molecule has 0 aromatic rings. The van der Waals surface area contributed by atoms with Crippen molar-refractivity contribution in [1.82, 2.24) is 5.32 Å². The fourth-order valence-electron chi connectivity index (χ4n) is 12.3. The van der Waals surface area contributed by atoms with E-state index in [1.165, 1.54) is 366 Å². The quantitative estimate of drug-likeness (QED) is 0.0320. The first-order valence-electron chi connectivity index (χ1n) is 37.9. The number of nitrogens with one attached hydrogen (secondary N) is 1. The van der Waals surface area contributed by atoms with E-state index < -0.39 is 12.1 Å². The van der Waals surface area contributed by atoms with Gasteiger partial charge in [-0.3, -0.25) is 9.59 Å². The Morgan fingerprint density at radius 2 is 0.573 bits per heavy atom. The molecule has 1 amide bonds. The van der Waals surface area contributed by atoms with Gasteiger partial charge >= 0.3 is 5.97 Å². The third kappa shape index (κ3) is 67.7. The Balaban J connectivity index is 3.25. The van der Waals surface area contributed by atoms with Gasteiger partial charge in [-0.1, -0.05) is 386 Å². The second-order valence-electron chi connectivity index (χ2n) is 26.3. The van der Waals surface area contributed by atoms with Crippen LogP contribution in [-0.2, 0) is 14.3 Å². The standard InChI is InChI=1S/C76H149NO5/c1-3-5-7-9-11-13-14-15-16-40-44-47-50-54-58-62-66-70-76(81)82-71-67-63-59-55-51-48-45-42-39-37-35-33-31-29-27-25-23-21-19-17-18-20-22-24-26-28-30-32-34-36-38-41-43-46-49-53-57-61-65-69-75(80)77-73(72-78)74(79)68-64-60-56-52-12-10-8-6-4-2/h15-16,73-74,78-79H,3-14,17-72H2,1-2H3,(H,77,80)/b16-15-. The number of rotatable bonds is 72. The number of hydrogen-bond donors (Lipinski definition) is 3. The predicted molar refractivity (Wildman–Crippen MR) is 361 cm³/mol. The third-order valence-electron chi connectivity index (χ3n) is 18.1. The highest BCUT2D eigenvalue weighted by molar-refractivity contribution is 5.76. The zero-order valence-corrected chi connectivity index (χ0v) is 56.0. The van der Waals surface area contributed by atoms with E-state index in [2.05, 4.69) is 31.3 Å². The molecule has 0 bridgehead atoms. The summed E-state index contributed by atoms with van der Waals surface area (Å²) in [5.74, 6) is -0.00728. The van der Waals surface area contributed by atoms with Gasteiger partial charge in [0.25, 0.3) is 0 Å². The molecule has 0 radical (unpaired) electrons. The molecular formula is C76H149NO5. The van der Waals surface area contributed by atoms with Crippen LogP contribution >= 0.6 is 0 Å². The van der Waals surface area contributed by atoms with Crippen molar-refractivity contribution in [2.24, 2.45) is 0 Å². The van der Waals surface area contributed by atoms with Crippen molar-refractivity contribution < 1.29 is 24.5 Å². The second-order valence-corrected chi connectivity index (χ2v) is 26.3. The van der Waals surface area contributed by atoms with Crippen LogP contribution in [0.15, 0.2) is 12.2 Å². The summed E-state index contributed by atoms with van der Waals surface area (Å²) in [6, 6.07) is -0.534. The summed E-state index contributed by atoms with van der Waals surface area (Å²) in [5.41, 5.74) is 0. The van der Waals surface area contributed by atoms with Gasteiger partial charge in [0.1, 0.15) is 0 Å². The van der Waals surface area contributed by atoms with Crippen molar-refractivity contribution in [2.45, 2.75) is 450 Å². The van der Waals surface area contributed by atoms with E-state index in [0.29, 0.717) is 25.9 Å². The number of ether oxygens (including phenoxy) is 1. The molecule has 3 N–H and O–H groups in total. The lowest BCUT2D eigenvalue weighted by atomic mass is 10.0. The Bertz CT molecular complexity index is 1240. The van der Waals surface area contributed by atoms with Crippen LogP contribution in [0, 0.1) is 0 Å². The maximum absolute atomic E-state index is 12.4. The lowest BCUT2D eigenvalue weighted by molar-refractivity contribution is -0.143. The van der Waals surface area contributed by atoms with Gasteiger partial charge in [-0.25, -0.2) is 0 Å². The summed E-state index contributed by atoms with van der Waals surface area (Å²) >= 11 is 0. The van der Waals surface area contributed by atoms with E-state index in [-0.39, 0.29) is 18.5 Å². The molecule has 6 heteroatoms. The molecule has 2 unspecified atom stereocenters. The van der Waals surface area contributed by atoms with E-state index in [9.17, 15) is 19.8 Å². The van der Waals surface area contributed by atoms with Crippen molar-refractivity contribution in [1.29, 1.82) is 0 Å². The van der Waals surface area contributed by atoms with Crippen LogP contribution in [-0.4, -0.2) is 47.4 Å². The van der Waals surface area contributed by atoms with Crippen molar-refractivity contribution in [3.05, 3.63) is 12.2 Å². The zero-order chi connectivity index (χ0) is 59.2. The summed E-state index contributed by atoms with van der Waals surface area (Å²) in [6.45, 7) is 4.97. The first kappa shape index (κ1) is 80.6. The van der Waals surface area contributed by atoms with Crippen molar-refractivity contribution in [2.75, 3.05) is 13.2 Å². The number of aliphatic hydroxyl groups is 2. The lowest BCUT2D eigenvalue weighted by Crippen LogP contribution is -2.45. The predicted octanol–water partition coefficient (Wildman–Crippen LogP) is 24.7.